The summed E-state index contributed by atoms with van der Waals surface area (Å²) in [4.78, 5) is 45.8. The number of amides is 2. The van der Waals surface area contributed by atoms with Crippen LogP contribution in [0.3, 0.4) is 0 Å². The van der Waals surface area contributed by atoms with Crippen molar-refractivity contribution in [3.8, 4) is 11.3 Å². The van der Waals surface area contributed by atoms with E-state index in [-0.39, 0.29) is 29.8 Å². The molecule has 6 heterocycles. The number of hydrogen-bond donors (Lipinski definition) is 2. The first-order valence-electron chi connectivity index (χ1n) is 14.0. The first kappa shape index (κ1) is 25.3. The van der Waals surface area contributed by atoms with Gasteiger partial charge in [-0.1, -0.05) is 12.7 Å². The summed E-state index contributed by atoms with van der Waals surface area (Å²) in [6.07, 6.45) is 10.4. The quantitative estimate of drug-likeness (QED) is 0.361. The lowest BCUT2D eigenvalue weighted by molar-refractivity contribution is -0.133. The van der Waals surface area contributed by atoms with Crippen molar-refractivity contribution in [3.05, 3.63) is 67.3 Å². The second-order valence-electron chi connectivity index (χ2n) is 11.0. The lowest BCUT2D eigenvalue weighted by Gasteiger charge is -2.35. The Bertz CT molecular complexity index is 1600. The van der Waals surface area contributed by atoms with Gasteiger partial charge in [0.15, 0.2) is 0 Å². The molecule has 7 rings (SSSR count). The molecular formula is C30H31N9O2. The SMILES string of the molecule is C=Cc1cnc(N2C[C@@H]3C[C@H]2CN3C(=O)CN2CC[C@@H](C(=O)Nc3ccc4[nH]nc(-c5ccncc5)c4c3)C2)nc1. The van der Waals surface area contributed by atoms with Crippen molar-refractivity contribution in [2.24, 2.45) is 5.92 Å². The van der Waals surface area contributed by atoms with E-state index in [4.69, 9.17) is 0 Å². The number of nitrogens with zero attached hydrogens (tertiary/aromatic N) is 7. The van der Waals surface area contributed by atoms with Gasteiger partial charge in [-0.3, -0.25) is 24.6 Å². The maximum absolute atomic E-state index is 13.2. The van der Waals surface area contributed by atoms with Crippen LogP contribution >= 0.6 is 0 Å². The Morgan fingerprint density at radius 1 is 1.07 bits per heavy atom. The molecule has 2 bridgehead atoms. The summed E-state index contributed by atoms with van der Waals surface area (Å²) in [5.74, 6) is 0.662. The number of rotatable bonds is 7. The van der Waals surface area contributed by atoms with Crippen molar-refractivity contribution < 1.29 is 9.59 Å². The fourth-order valence-electron chi connectivity index (χ4n) is 6.34. The van der Waals surface area contributed by atoms with Crippen LogP contribution in [0, 0.1) is 5.92 Å². The minimum Gasteiger partial charge on any atom is -0.335 e. The van der Waals surface area contributed by atoms with E-state index in [9.17, 15) is 9.59 Å². The van der Waals surface area contributed by atoms with Gasteiger partial charge >= 0.3 is 0 Å². The molecule has 0 radical (unpaired) electrons. The summed E-state index contributed by atoms with van der Waals surface area (Å²) in [7, 11) is 0. The van der Waals surface area contributed by atoms with Crippen molar-refractivity contribution in [1.29, 1.82) is 0 Å². The third-order valence-electron chi connectivity index (χ3n) is 8.50. The number of carbonyl (C=O) groups excluding carboxylic acids is 2. The summed E-state index contributed by atoms with van der Waals surface area (Å²) in [5, 5.41) is 11.5. The Morgan fingerprint density at radius 3 is 2.66 bits per heavy atom. The normalized spacial score (nSPS) is 22.0. The maximum Gasteiger partial charge on any atom is 0.237 e. The average Bonchev–Trinajstić information content (AvgIpc) is 3.81. The molecule has 3 aliphatic heterocycles. The molecule has 11 heteroatoms. The second kappa shape index (κ2) is 10.4. The van der Waals surface area contributed by atoms with E-state index in [0.717, 1.165) is 59.3 Å². The van der Waals surface area contributed by atoms with E-state index >= 15 is 0 Å². The number of likely N-dealkylation sites (tertiary alicyclic amines) is 2. The molecule has 41 heavy (non-hydrogen) atoms. The number of carbonyl (C=O) groups is 2. The number of fused-ring (bicyclic) bond motifs is 3. The van der Waals surface area contributed by atoms with Gasteiger partial charge in [-0.15, -0.1) is 0 Å². The minimum absolute atomic E-state index is 0.0217. The molecular weight excluding hydrogens is 518 g/mol. The van der Waals surface area contributed by atoms with Gasteiger partial charge < -0.3 is 15.1 Å². The van der Waals surface area contributed by atoms with Gasteiger partial charge in [0.2, 0.25) is 17.8 Å². The molecule has 0 spiro atoms. The molecule has 4 aromatic rings. The van der Waals surface area contributed by atoms with Crippen molar-refractivity contribution in [2.75, 3.05) is 42.9 Å². The largest absolute Gasteiger partial charge is 0.335 e. The van der Waals surface area contributed by atoms with Crippen molar-refractivity contribution in [2.45, 2.75) is 24.9 Å². The minimum atomic E-state index is -0.163. The fraction of sp³-hybridized carbons (Fsp3) is 0.333. The van der Waals surface area contributed by atoms with Crippen LogP contribution in [0.2, 0.25) is 0 Å². The van der Waals surface area contributed by atoms with Crippen LogP contribution in [0.15, 0.2) is 61.7 Å². The average molecular weight is 550 g/mol. The van der Waals surface area contributed by atoms with Gasteiger partial charge in [-0.25, -0.2) is 9.97 Å². The molecule has 1 aromatic carbocycles. The van der Waals surface area contributed by atoms with Crippen molar-refractivity contribution in [1.82, 2.24) is 34.9 Å². The van der Waals surface area contributed by atoms with Crippen LogP contribution < -0.4 is 10.2 Å². The highest BCUT2D eigenvalue weighted by Crippen LogP contribution is 2.33. The third-order valence-corrected chi connectivity index (χ3v) is 8.50. The fourth-order valence-corrected chi connectivity index (χ4v) is 6.34. The van der Waals surface area contributed by atoms with E-state index in [1.54, 1.807) is 30.9 Å². The van der Waals surface area contributed by atoms with E-state index in [2.05, 4.69) is 46.8 Å². The lowest BCUT2D eigenvalue weighted by atomic mass is 10.1. The number of aromatic nitrogens is 5. The Morgan fingerprint density at radius 2 is 1.90 bits per heavy atom. The van der Waals surface area contributed by atoms with Crippen molar-refractivity contribution >= 4 is 40.4 Å². The van der Waals surface area contributed by atoms with E-state index in [0.29, 0.717) is 25.6 Å². The van der Waals surface area contributed by atoms with Gasteiger partial charge in [0.05, 0.1) is 30.1 Å². The molecule has 208 valence electrons. The van der Waals surface area contributed by atoms with Gasteiger partial charge in [-0.05, 0) is 49.7 Å². The Kier molecular flexibility index (Phi) is 6.43. The van der Waals surface area contributed by atoms with Crippen LogP contribution in [0.1, 0.15) is 18.4 Å². The zero-order chi connectivity index (χ0) is 27.9. The topological polar surface area (TPSA) is 123 Å². The lowest BCUT2D eigenvalue weighted by Crippen LogP contribution is -2.51. The standard InChI is InChI=1S/C30H31N9O2/c1-2-19-13-32-30(33-14-19)39-17-23-12-24(39)16-38(23)27(40)18-37-10-7-21(15-37)29(41)34-22-3-4-26-25(11-22)28(36-35-26)20-5-8-31-9-6-20/h2-6,8-9,11,13-14,21,23-24H,1,7,10,12,15-18H2,(H,34,41)(H,35,36)/t21-,23+,24+/m1/s1. The number of anilines is 2. The molecule has 2 N–H and O–H groups in total. The first-order valence-corrected chi connectivity index (χ1v) is 14.0. The first-order chi connectivity index (χ1) is 20.1. The predicted molar refractivity (Wildman–Crippen MR) is 156 cm³/mol. The smallest absolute Gasteiger partial charge is 0.237 e. The molecule has 0 unspecified atom stereocenters. The highest BCUT2D eigenvalue weighted by molar-refractivity contribution is 5.99. The number of aromatic amines is 1. The molecule has 3 aliphatic rings. The molecule has 3 fully saturated rings. The van der Waals surface area contributed by atoms with Gasteiger partial charge in [0, 0.05) is 66.6 Å². The monoisotopic (exact) mass is 549 g/mol. The number of benzene rings is 1. The van der Waals surface area contributed by atoms with E-state index in [1.807, 2.05) is 35.2 Å². The zero-order valence-corrected chi connectivity index (χ0v) is 22.6. The van der Waals surface area contributed by atoms with Gasteiger partial charge in [-0.2, -0.15) is 5.10 Å². The molecule has 0 aliphatic carbocycles. The molecule has 3 saturated heterocycles. The van der Waals surface area contributed by atoms with Crippen LogP contribution in [0.5, 0.6) is 0 Å². The summed E-state index contributed by atoms with van der Waals surface area (Å²) >= 11 is 0. The zero-order valence-electron chi connectivity index (χ0n) is 22.6. The number of H-pyrrole nitrogens is 1. The number of hydrogen-bond acceptors (Lipinski definition) is 8. The van der Waals surface area contributed by atoms with Crippen LogP contribution in [-0.2, 0) is 9.59 Å². The Hall–Kier alpha value is -4.64. The summed E-state index contributed by atoms with van der Waals surface area (Å²) < 4.78 is 0. The summed E-state index contributed by atoms with van der Waals surface area (Å²) in [6, 6.07) is 10.00. The molecule has 11 nitrogen and oxygen atoms in total. The summed E-state index contributed by atoms with van der Waals surface area (Å²) in [5.41, 5.74) is 4.30. The molecule has 3 atom stereocenters. The van der Waals surface area contributed by atoms with Crippen LogP contribution in [-0.4, -0.2) is 91.6 Å². The summed E-state index contributed by atoms with van der Waals surface area (Å²) in [6.45, 7) is 6.83. The Labute approximate surface area is 237 Å². The number of piperazine rings is 1. The predicted octanol–water partition coefficient (Wildman–Crippen LogP) is 2.81. The second-order valence-corrected chi connectivity index (χ2v) is 11.0. The van der Waals surface area contributed by atoms with Crippen LogP contribution in [0.4, 0.5) is 11.6 Å². The van der Waals surface area contributed by atoms with E-state index < -0.39 is 0 Å². The number of nitrogens with one attached hydrogen (secondary N) is 2. The molecule has 3 aromatic heterocycles. The van der Waals surface area contributed by atoms with Crippen LogP contribution in [0.25, 0.3) is 28.2 Å². The Balaban J connectivity index is 0.936. The number of pyridine rings is 1. The van der Waals surface area contributed by atoms with Gasteiger partial charge in [0.1, 0.15) is 5.69 Å². The highest BCUT2D eigenvalue weighted by Gasteiger charge is 2.46. The molecule has 2 amide bonds. The molecule has 0 saturated carbocycles. The van der Waals surface area contributed by atoms with Crippen molar-refractivity contribution in [3.63, 3.8) is 0 Å². The third kappa shape index (κ3) is 4.82. The van der Waals surface area contributed by atoms with E-state index in [1.165, 1.54) is 0 Å². The maximum atomic E-state index is 13.2. The highest BCUT2D eigenvalue weighted by atomic mass is 16.2. The van der Waals surface area contributed by atoms with Gasteiger partial charge in [0.25, 0.3) is 0 Å².